The highest BCUT2D eigenvalue weighted by atomic mass is 35.5. The van der Waals surface area contributed by atoms with E-state index in [0.29, 0.717) is 31.2 Å². The van der Waals surface area contributed by atoms with Crippen LogP contribution in [0.4, 0.5) is 0 Å². The van der Waals surface area contributed by atoms with Gasteiger partial charge in [-0.1, -0.05) is 23.7 Å². The van der Waals surface area contributed by atoms with Crippen molar-refractivity contribution in [3.63, 3.8) is 0 Å². The van der Waals surface area contributed by atoms with Crippen LogP contribution >= 0.6 is 11.6 Å². The molecule has 158 valence electrons. The van der Waals surface area contributed by atoms with Gasteiger partial charge < -0.3 is 23.9 Å². The van der Waals surface area contributed by atoms with E-state index in [-0.39, 0.29) is 30.1 Å². The fraction of sp³-hybridized carbons (Fsp3) is 0.381. The van der Waals surface area contributed by atoms with Gasteiger partial charge in [0.05, 0.1) is 12.3 Å². The molecule has 3 heterocycles. The molecule has 0 aliphatic carbocycles. The number of carbonyl (C=O) groups excluding carboxylic acids is 3. The Labute approximate surface area is 178 Å². The second kappa shape index (κ2) is 8.49. The fourth-order valence-corrected chi connectivity index (χ4v) is 3.97. The van der Waals surface area contributed by atoms with Crippen molar-refractivity contribution in [3.05, 3.63) is 59.0 Å². The van der Waals surface area contributed by atoms with E-state index in [0.717, 1.165) is 5.56 Å². The number of amides is 3. The fourth-order valence-electron chi connectivity index (χ4n) is 3.84. The maximum absolute atomic E-state index is 13.3. The summed E-state index contributed by atoms with van der Waals surface area (Å²) in [5, 5.41) is 0.574. The lowest BCUT2D eigenvalue weighted by atomic mass is 9.97. The van der Waals surface area contributed by atoms with Crippen molar-refractivity contribution >= 4 is 29.3 Å². The quantitative estimate of drug-likeness (QED) is 0.740. The summed E-state index contributed by atoms with van der Waals surface area (Å²) in [4.78, 5) is 42.8. The third-order valence-electron chi connectivity index (χ3n) is 5.55. The molecular weight excluding hydrogens is 410 g/mol. The minimum Gasteiger partial charge on any atom is -0.459 e. The highest BCUT2D eigenvalue weighted by Crippen LogP contribution is 2.31. The van der Waals surface area contributed by atoms with Crippen molar-refractivity contribution in [2.24, 2.45) is 0 Å². The van der Waals surface area contributed by atoms with E-state index in [1.54, 1.807) is 58.1 Å². The van der Waals surface area contributed by atoms with Gasteiger partial charge in [0.1, 0.15) is 6.61 Å². The molecule has 0 N–H and O–H groups in total. The molecule has 0 unspecified atom stereocenters. The van der Waals surface area contributed by atoms with Gasteiger partial charge in [-0.15, -0.1) is 0 Å². The van der Waals surface area contributed by atoms with Crippen LogP contribution in [0.15, 0.2) is 47.1 Å². The molecule has 2 aliphatic heterocycles. The molecule has 4 rings (SSSR count). The first-order valence-electron chi connectivity index (χ1n) is 9.70. The summed E-state index contributed by atoms with van der Waals surface area (Å²) in [5.41, 5.74) is 0.778. The standard InChI is InChI=1S/C21H22ClN3O5/c1-23-17(26)13-30-19(18(23)14-4-6-15(22)7-5-14)21(28)25-10-8-24(9-11-25)20(27)16-3-2-12-29-16/h2-7,12,18-19H,8-11,13H2,1H3/t18-,19+/m1/s1. The number of likely N-dealkylation sites (N-methyl/N-ethyl adjacent to an activating group) is 1. The van der Waals surface area contributed by atoms with E-state index in [2.05, 4.69) is 0 Å². The number of ether oxygens (including phenoxy) is 1. The summed E-state index contributed by atoms with van der Waals surface area (Å²) < 4.78 is 10.9. The molecule has 8 nitrogen and oxygen atoms in total. The van der Waals surface area contributed by atoms with Gasteiger partial charge in [0.2, 0.25) is 5.91 Å². The normalized spacial score (nSPS) is 22.3. The Balaban J connectivity index is 1.47. The molecule has 2 atom stereocenters. The molecule has 0 bridgehead atoms. The van der Waals surface area contributed by atoms with E-state index in [4.69, 9.17) is 20.8 Å². The molecule has 2 aromatic rings. The number of piperazine rings is 1. The minimum absolute atomic E-state index is 0.145. The third kappa shape index (κ3) is 3.93. The lowest BCUT2D eigenvalue weighted by Gasteiger charge is -2.42. The molecule has 1 aromatic carbocycles. The number of rotatable bonds is 3. The number of furan rings is 1. The number of nitrogens with zero attached hydrogens (tertiary/aromatic N) is 3. The lowest BCUT2D eigenvalue weighted by Crippen LogP contribution is -2.57. The number of benzene rings is 1. The average Bonchev–Trinajstić information content (AvgIpc) is 3.30. The van der Waals surface area contributed by atoms with Crippen molar-refractivity contribution in [2.45, 2.75) is 12.1 Å². The molecular formula is C21H22ClN3O5. The Morgan fingerprint density at radius 1 is 1.03 bits per heavy atom. The molecule has 2 aliphatic rings. The summed E-state index contributed by atoms with van der Waals surface area (Å²) in [7, 11) is 1.67. The Hall–Kier alpha value is -2.84. The summed E-state index contributed by atoms with van der Waals surface area (Å²) in [6, 6.07) is 9.80. The Morgan fingerprint density at radius 2 is 1.70 bits per heavy atom. The van der Waals surface area contributed by atoms with Crippen molar-refractivity contribution in [1.29, 1.82) is 0 Å². The van der Waals surface area contributed by atoms with Crippen molar-refractivity contribution in [2.75, 3.05) is 39.8 Å². The van der Waals surface area contributed by atoms with Gasteiger partial charge >= 0.3 is 0 Å². The molecule has 0 radical (unpaired) electrons. The molecule has 0 saturated carbocycles. The highest BCUT2D eigenvalue weighted by Gasteiger charge is 2.42. The molecule has 9 heteroatoms. The summed E-state index contributed by atoms with van der Waals surface area (Å²) in [6.45, 7) is 1.43. The summed E-state index contributed by atoms with van der Waals surface area (Å²) in [6.07, 6.45) is 0.642. The zero-order valence-corrected chi connectivity index (χ0v) is 17.2. The van der Waals surface area contributed by atoms with E-state index in [9.17, 15) is 14.4 Å². The van der Waals surface area contributed by atoms with E-state index in [1.165, 1.54) is 6.26 Å². The topological polar surface area (TPSA) is 83.3 Å². The molecule has 2 saturated heterocycles. The van der Waals surface area contributed by atoms with Gasteiger partial charge in [-0.3, -0.25) is 14.4 Å². The zero-order valence-electron chi connectivity index (χ0n) is 16.5. The predicted octanol–water partition coefficient (Wildman–Crippen LogP) is 1.82. The molecule has 0 spiro atoms. The van der Waals surface area contributed by atoms with Crippen LogP contribution < -0.4 is 0 Å². The molecule has 3 amide bonds. The number of morpholine rings is 1. The number of carbonyl (C=O) groups is 3. The second-order valence-corrected chi connectivity index (χ2v) is 7.76. The van der Waals surface area contributed by atoms with Crippen LogP contribution in [0.2, 0.25) is 5.02 Å². The largest absolute Gasteiger partial charge is 0.459 e. The second-order valence-electron chi connectivity index (χ2n) is 7.33. The Kier molecular flexibility index (Phi) is 5.78. The number of hydrogen-bond donors (Lipinski definition) is 0. The summed E-state index contributed by atoms with van der Waals surface area (Å²) in [5.74, 6) is -0.286. The molecule has 30 heavy (non-hydrogen) atoms. The predicted molar refractivity (Wildman–Crippen MR) is 108 cm³/mol. The monoisotopic (exact) mass is 431 g/mol. The van der Waals surface area contributed by atoms with Crippen LogP contribution in [0.5, 0.6) is 0 Å². The molecule has 1 aromatic heterocycles. The van der Waals surface area contributed by atoms with Crippen LogP contribution in [-0.2, 0) is 14.3 Å². The first-order chi connectivity index (χ1) is 14.5. The van der Waals surface area contributed by atoms with Crippen molar-refractivity contribution in [3.8, 4) is 0 Å². The molecule has 2 fully saturated rings. The number of halogens is 1. The van der Waals surface area contributed by atoms with Crippen LogP contribution in [0.3, 0.4) is 0 Å². The SMILES string of the molecule is CN1C(=O)CO[C@H](C(=O)N2CCN(C(=O)c3ccco3)CC2)[C@H]1c1ccc(Cl)cc1. The van der Waals surface area contributed by atoms with Gasteiger partial charge in [0.15, 0.2) is 11.9 Å². The smallest absolute Gasteiger partial charge is 0.289 e. The maximum Gasteiger partial charge on any atom is 0.289 e. The van der Waals surface area contributed by atoms with Crippen LogP contribution in [-0.4, -0.2) is 78.4 Å². The van der Waals surface area contributed by atoms with Gasteiger partial charge in [0, 0.05) is 38.2 Å². The first-order valence-corrected chi connectivity index (χ1v) is 10.1. The van der Waals surface area contributed by atoms with Crippen LogP contribution in [0.1, 0.15) is 22.2 Å². The van der Waals surface area contributed by atoms with Crippen molar-refractivity contribution in [1.82, 2.24) is 14.7 Å². The van der Waals surface area contributed by atoms with E-state index >= 15 is 0 Å². The Morgan fingerprint density at radius 3 is 2.33 bits per heavy atom. The number of hydrogen-bond acceptors (Lipinski definition) is 5. The third-order valence-corrected chi connectivity index (χ3v) is 5.80. The Bertz CT molecular complexity index is 923. The first kappa shape index (κ1) is 20.4. The van der Waals surface area contributed by atoms with Gasteiger partial charge in [-0.25, -0.2) is 0 Å². The average molecular weight is 432 g/mol. The van der Waals surface area contributed by atoms with E-state index in [1.807, 2.05) is 0 Å². The van der Waals surface area contributed by atoms with Crippen LogP contribution in [0, 0.1) is 0 Å². The van der Waals surface area contributed by atoms with Crippen molar-refractivity contribution < 1.29 is 23.5 Å². The van der Waals surface area contributed by atoms with Gasteiger partial charge in [-0.05, 0) is 29.8 Å². The van der Waals surface area contributed by atoms with Crippen LogP contribution in [0.25, 0.3) is 0 Å². The zero-order chi connectivity index (χ0) is 21.3. The summed E-state index contributed by atoms with van der Waals surface area (Å²) >= 11 is 5.99. The highest BCUT2D eigenvalue weighted by molar-refractivity contribution is 6.30. The van der Waals surface area contributed by atoms with Gasteiger partial charge in [0.25, 0.3) is 11.8 Å². The van der Waals surface area contributed by atoms with E-state index < -0.39 is 12.1 Å². The lowest BCUT2D eigenvalue weighted by molar-refractivity contribution is -0.168. The van der Waals surface area contributed by atoms with Gasteiger partial charge in [-0.2, -0.15) is 0 Å². The maximum atomic E-state index is 13.3. The minimum atomic E-state index is -0.818.